The van der Waals surface area contributed by atoms with Crippen LogP contribution in [0, 0.1) is 0 Å². The van der Waals surface area contributed by atoms with Gasteiger partial charge in [-0.1, -0.05) is 23.6 Å². The van der Waals surface area contributed by atoms with Crippen molar-refractivity contribution >= 4 is 37.1 Å². The van der Waals surface area contributed by atoms with E-state index in [1.807, 2.05) is 0 Å². The molecule has 0 fully saturated rings. The van der Waals surface area contributed by atoms with Crippen molar-refractivity contribution in [1.29, 1.82) is 0 Å². The summed E-state index contributed by atoms with van der Waals surface area (Å²) >= 11 is 8.89. The molecule has 0 rings (SSSR count). The molecule has 0 aromatic heterocycles. The Morgan fingerprint density at radius 1 is 1.75 bits per heavy atom. The summed E-state index contributed by atoms with van der Waals surface area (Å²) in [5.41, 5.74) is 0. The molecular formula is CH7NO2P2S2. The van der Waals surface area contributed by atoms with E-state index in [-0.39, 0.29) is 0 Å². The normalized spacial score (nSPS) is 21.9. The van der Waals surface area contributed by atoms with Gasteiger partial charge in [0.05, 0.1) is 0 Å². The topological polar surface area (TPSA) is 52.5 Å². The van der Waals surface area contributed by atoms with Gasteiger partial charge in [0.1, 0.15) is 13.5 Å². The maximum Gasteiger partial charge on any atom is 0.129 e. The van der Waals surface area contributed by atoms with Crippen LogP contribution in [0.4, 0.5) is 0 Å². The standard InChI is InChI=1S/CH7NO2P2S2/c1-6(4,8)2-5(3)7/h5H,1H3,(H3,2,3,4,7,8). The fourth-order valence-electron chi connectivity index (χ4n) is 0.177. The van der Waals surface area contributed by atoms with Crippen molar-refractivity contribution in [3.8, 4) is 0 Å². The summed E-state index contributed by atoms with van der Waals surface area (Å²) in [4.78, 5) is 19.6. The Labute approximate surface area is 58.8 Å². The Hall–Kier alpha value is 1.18. The first-order valence-electron chi connectivity index (χ1n) is 1.73. The predicted octanol–water partition coefficient (Wildman–Crippen LogP) is 0.00600. The molecule has 0 heterocycles. The molecule has 0 saturated heterocycles. The lowest BCUT2D eigenvalue weighted by atomic mass is 12.0. The number of rotatable bonds is 2. The van der Waals surface area contributed by atoms with Gasteiger partial charge < -0.3 is 9.79 Å². The van der Waals surface area contributed by atoms with E-state index >= 15 is 0 Å². The van der Waals surface area contributed by atoms with E-state index in [4.69, 9.17) is 9.79 Å². The monoisotopic (exact) mass is 191 g/mol. The highest BCUT2D eigenvalue weighted by molar-refractivity contribution is 8.15. The van der Waals surface area contributed by atoms with Gasteiger partial charge in [-0.05, 0) is 0 Å². The summed E-state index contributed by atoms with van der Waals surface area (Å²) in [6.45, 7) is 1.45. The molecule has 0 saturated carbocycles. The van der Waals surface area contributed by atoms with Crippen LogP contribution in [-0.4, -0.2) is 16.5 Å². The minimum atomic E-state index is -2.45. The molecule has 0 radical (unpaired) electrons. The highest BCUT2D eigenvalue weighted by Gasteiger charge is 2.01. The van der Waals surface area contributed by atoms with Crippen molar-refractivity contribution < 1.29 is 9.79 Å². The molecule has 0 aliphatic carbocycles. The lowest BCUT2D eigenvalue weighted by molar-refractivity contribution is 0.612. The minimum absolute atomic E-state index is 1.45. The quantitative estimate of drug-likeness (QED) is 0.537. The fourth-order valence-corrected chi connectivity index (χ4v) is 4.50. The Bertz CT molecular complexity index is 141. The zero-order valence-corrected chi connectivity index (χ0v) is 7.69. The van der Waals surface area contributed by atoms with Crippen LogP contribution >= 0.6 is 13.5 Å². The number of hydrogen-bond donors (Lipinski definition) is 3. The third-order valence-corrected chi connectivity index (χ3v) is 4.37. The molecule has 0 aliphatic heterocycles. The van der Waals surface area contributed by atoms with Gasteiger partial charge in [-0.2, -0.15) is 0 Å². The first kappa shape index (κ1) is 9.18. The van der Waals surface area contributed by atoms with Crippen molar-refractivity contribution in [2.45, 2.75) is 0 Å². The van der Waals surface area contributed by atoms with Crippen molar-refractivity contribution in [3.63, 3.8) is 0 Å². The number of hydrogen-bond acceptors (Lipinski definition) is 2. The van der Waals surface area contributed by atoms with Crippen molar-refractivity contribution in [3.05, 3.63) is 0 Å². The van der Waals surface area contributed by atoms with Crippen LogP contribution < -0.4 is 4.86 Å². The third kappa shape index (κ3) is 7.18. The van der Waals surface area contributed by atoms with Crippen LogP contribution in [0.5, 0.6) is 0 Å². The molecule has 7 heteroatoms. The van der Waals surface area contributed by atoms with Crippen LogP contribution in [0.3, 0.4) is 0 Å². The van der Waals surface area contributed by atoms with Gasteiger partial charge in [0.25, 0.3) is 0 Å². The van der Waals surface area contributed by atoms with Gasteiger partial charge >= 0.3 is 0 Å². The molecule has 3 N–H and O–H groups in total. The average Bonchev–Trinajstić information content (AvgIpc) is 1.21. The van der Waals surface area contributed by atoms with Crippen molar-refractivity contribution in [2.24, 2.45) is 0 Å². The maximum atomic E-state index is 8.80. The molecule has 3 nitrogen and oxygen atoms in total. The molecule has 0 aliphatic rings. The molecule has 0 aromatic carbocycles. The molecule has 0 aromatic rings. The summed E-state index contributed by atoms with van der Waals surface area (Å²) in [7, 11) is -1.96. The van der Waals surface area contributed by atoms with Crippen molar-refractivity contribution in [2.75, 3.05) is 6.66 Å². The van der Waals surface area contributed by atoms with Crippen LogP contribution in [0.15, 0.2) is 0 Å². The fraction of sp³-hybridized carbons (Fsp3) is 1.00. The van der Waals surface area contributed by atoms with Crippen LogP contribution in [-0.2, 0) is 23.6 Å². The average molecular weight is 191 g/mol. The summed E-state index contributed by atoms with van der Waals surface area (Å²) in [6.07, 6.45) is -2.45. The molecule has 2 atom stereocenters. The Morgan fingerprint density at radius 3 is 2.12 bits per heavy atom. The third-order valence-electron chi connectivity index (χ3n) is 0.303. The molecule has 50 valence electrons. The number of nitrogens with one attached hydrogen (secondary N) is 1. The van der Waals surface area contributed by atoms with Gasteiger partial charge in [-0.25, -0.2) is 4.86 Å². The van der Waals surface area contributed by atoms with E-state index in [1.54, 1.807) is 0 Å². The molecule has 0 amide bonds. The largest absolute Gasteiger partial charge is 0.356 e. The maximum absolute atomic E-state index is 8.80. The van der Waals surface area contributed by atoms with E-state index in [9.17, 15) is 0 Å². The van der Waals surface area contributed by atoms with Gasteiger partial charge in [-0.3, -0.25) is 0 Å². The first-order chi connectivity index (χ1) is 3.42. The highest BCUT2D eigenvalue weighted by atomic mass is 32.5. The van der Waals surface area contributed by atoms with Gasteiger partial charge in [0.2, 0.25) is 0 Å². The van der Waals surface area contributed by atoms with Crippen LogP contribution in [0.1, 0.15) is 0 Å². The highest BCUT2D eigenvalue weighted by Crippen LogP contribution is 2.36. The van der Waals surface area contributed by atoms with Gasteiger partial charge in [0.15, 0.2) is 0 Å². The Balaban J connectivity index is 3.74. The van der Waals surface area contributed by atoms with Gasteiger partial charge in [0, 0.05) is 6.66 Å². The second kappa shape index (κ2) is 3.37. The zero-order valence-electron chi connectivity index (χ0n) is 4.16. The second-order valence-corrected chi connectivity index (χ2v) is 7.85. The summed E-state index contributed by atoms with van der Waals surface area (Å²) in [5, 5.41) is 0. The SMILES string of the molecule is CP(O)(=S)N[PH](O)=S. The van der Waals surface area contributed by atoms with Crippen LogP contribution in [0.25, 0.3) is 0 Å². The van der Waals surface area contributed by atoms with E-state index in [0.717, 1.165) is 0 Å². The minimum Gasteiger partial charge on any atom is -0.356 e. The lowest BCUT2D eigenvalue weighted by Gasteiger charge is -2.07. The van der Waals surface area contributed by atoms with Crippen LogP contribution in [0.2, 0.25) is 0 Å². The first-order valence-corrected chi connectivity index (χ1v) is 7.51. The summed E-state index contributed by atoms with van der Waals surface area (Å²) < 4.78 is 0. The predicted molar refractivity (Wildman–Crippen MR) is 43.5 cm³/mol. The smallest absolute Gasteiger partial charge is 0.129 e. The van der Waals surface area contributed by atoms with Crippen molar-refractivity contribution in [1.82, 2.24) is 4.86 Å². The molecule has 0 spiro atoms. The van der Waals surface area contributed by atoms with E-state index < -0.39 is 13.5 Å². The van der Waals surface area contributed by atoms with Gasteiger partial charge in [-0.15, -0.1) is 0 Å². The van der Waals surface area contributed by atoms with E-state index in [0.29, 0.717) is 0 Å². The Morgan fingerprint density at radius 2 is 2.12 bits per heavy atom. The molecule has 0 bridgehead atoms. The molecule has 2 unspecified atom stereocenters. The molecule has 8 heavy (non-hydrogen) atoms. The second-order valence-electron chi connectivity index (χ2n) is 1.30. The summed E-state index contributed by atoms with van der Waals surface area (Å²) in [5.74, 6) is 0. The van der Waals surface area contributed by atoms with E-state index in [2.05, 4.69) is 28.5 Å². The Kier molecular flexibility index (Phi) is 3.87. The molecular weight excluding hydrogens is 184 g/mol. The summed E-state index contributed by atoms with van der Waals surface area (Å²) in [6, 6.07) is 0. The van der Waals surface area contributed by atoms with E-state index in [1.165, 1.54) is 6.66 Å². The lowest BCUT2D eigenvalue weighted by Crippen LogP contribution is -1.95. The zero-order chi connectivity index (χ0) is 6.78.